The Bertz CT molecular complexity index is 1220. The zero-order chi connectivity index (χ0) is 35.6. The summed E-state index contributed by atoms with van der Waals surface area (Å²) in [7, 11) is 2.94. The average molecular weight is 713 g/mol. The van der Waals surface area contributed by atoms with Crippen molar-refractivity contribution in [1.82, 2.24) is 9.80 Å². The molecule has 0 aliphatic carbocycles. The summed E-state index contributed by atoms with van der Waals surface area (Å²) in [5, 5.41) is 0. The Morgan fingerprint density at radius 2 is 1.06 bits per heavy atom. The number of hydrogen-bond acceptors (Lipinski definition) is 7. The maximum atomic E-state index is 14.3. The van der Waals surface area contributed by atoms with Gasteiger partial charge in [-0.15, -0.1) is 0 Å². The maximum absolute atomic E-state index is 14.3. The van der Waals surface area contributed by atoms with E-state index in [9.17, 15) is 35.1 Å². The highest BCUT2D eigenvalue weighted by Crippen LogP contribution is 2.36. The van der Waals surface area contributed by atoms with Gasteiger partial charge >= 0.3 is 12.4 Å². The van der Waals surface area contributed by atoms with Gasteiger partial charge in [0.15, 0.2) is 35.3 Å². The van der Waals surface area contributed by atoms with Crippen molar-refractivity contribution in [2.75, 3.05) is 79.9 Å². The van der Waals surface area contributed by atoms with Gasteiger partial charge in [0.1, 0.15) is 13.2 Å². The summed E-state index contributed by atoms with van der Waals surface area (Å²) in [4.78, 5) is 2.90. The molecule has 2 saturated heterocycles. The molecule has 0 radical (unpaired) electrons. The second-order valence-electron chi connectivity index (χ2n) is 12.5. The lowest BCUT2D eigenvalue weighted by Crippen LogP contribution is -2.52. The van der Waals surface area contributed by atoms with Gasteiger partial charge in [-0.25, -0.2) is 8.78 Å². The molecule has 2 aliphatic rings. The van der Waals surface area contributed by atoms with Crippen LogP contribution in [0.15, 0.2) is 36.4 Å². The van der Waals surface area contributed by atoms with Crippen LogP contribution in [0.5, 0.6) is 11.5 Å². The van der Waals surface area contributed by atoms with Crippen LogP contribution in [0, 0.1) is 11.6 Å². The van der Waals surface area contributed by atoms with E-state index in [2.05, 4.69) is 0 Å². The smallest absolute Gasteiger partial charge is 0.415 e. The van der Waals surface area contributed by atoms with E-state index < -0.39 is 49.3 Å². The highest BCUT2D eigenvalue weighted by molar-refractivity contribution is 5.34. The first-order valence-electron chi connectivity index (χ1n) is 16.3. The second kappa shape index (κ2) is 18.0. The number of piperidine rings is 2. The molecular weight excluding hydrogens is 668 g/mol. The Labute approximate surface area is 281 Å². The van der Waals surface area contributed by atoms with Crippen LogP contribution in [-0.2, 0) is 14.2 Å². The molecule has 4 rings (SSSR count). The van der Waals surface area contributed by atoms with Gasteiger partial charge in [-0.1, -0.05) is 12.1 Å². The van der Waals surface area contributed by atoms with Gasteiger partial charge in [-0.2, -0.15) is 26.3 Å². The Kier molecular flexibility index (Phi) is 14.3. The standard InChI is InChI=1S/C34H44F8N2O5/c1-45-13-15-47-29-17-23(7-9-27(29)35)25-5-3-11-43(19-25)21-31(33(37,38)39)49-32(34(40,41)42)22-44-12-4-6-26(20-44)24-8-10-28(36)30(18-24)48-16-14-46-2/h7-10,17-18,25-26,31-32H,3-6,11-16,19-22H2,1-2H3/t25-,26-,31-,32-/m0/s1. The van der Waals surface area contributed by atoms with E-state index in [4.69, 9.17) is 23.7 Å². The number of ether oxygens (including phenoxy) is 5. The third kappa shape index (κ3) is 11.7. The maximum Gasteiger partial charge on any atom is 0.415 e. The molecule has 0 amide bonds. The molecule has 2 aromatic rings. The molecule has 0 unspecified atom stereocenters. The van der Waals surface area contributed by atoms with Crippen LogP contribution in [0.3, 0.4) is 0 Å². The van der Waals surface area contributed by atoms with Crippen molar-refractivity contribution in [3.63, 3.8) is 0 Å². The molecule has 0 saturated carbocycles. The van der Waals surface area contributed by atoms with Crippen molar-refractivity contribution in [1.29, 1.82) is 0 Å². The summed E-state index contributed by atoms with van der Waals surface area (Å²) in [5.74, 6) is -1.77. The summed E-state index contributed by atoms with van der Waals surface area (Å²) in [6, 6.07) is 8.54. The number of hydrogen-bond donors (Lipinski definition) is 0. The summed E-state index contributed by atoms with van der Waals surface area (Å²) < 4.78 is 140. The molecule has 4 atom stereocenters. The molecule has 49 heavy (non-hydrogen) atoms. The molecule has 2 heterocycles. The van der Waals surface area contributed by atoms with E-state index in [0.717, 1.165) is 0 Å². The van der Waals surface area contributed by atoms with Crippen LogP contribution in [-0.4, -0.2) is 114 Å². The van der Waals surface area contributed by atoms with Crippen LogP contribution >= 0.6 is 0 Å². The minimum absolute atomic E-state index is 0.00794. The van der Waals surface area contributed by atoms with Crippen molar-refractivity contribution >= 4 is 0 Å². The van der Waals surface area contributed by atoms with E-state index in [1.165, 1.54) is 60.4 Å². The second-order valence-corrected chi connectivity index (χ2v) is 12.5. The quantitative estimate of drug-likeness (QED) is 0.138. The summed E-state index contributed by atoms with van der Waals surface area (Å²) in [6.07, 6.45) is -13.3. The third-order valence-electron chi connectivity index (χ3n) is 8.86. The average Bonchev–Trinajstić information content (AvgIpc) is 3.05. The molecule has 0 bridgehead atoms. The number of likely N-dealkylation sites (tertiary alicyclic amines) is 2. The molecule has 7 nitrogen and oxygen atoms in total. The number of benzene rings is 2. The molecule has 0 aromatic heterocycles. The summed E-state index contributed by atoms with van der Waals surface area (Å²) >= 11 is 0. The fourth-order valence-corrected chi connectivity index (χ4v) is 6.34. The Balaban J connectivity index is 1.42. The minimum Gasteiger partial charge on any atom is -0.488 e. The molecular formula is C34H44F8N2O5. The van der Waals surface area contributed by atoms with E-state index in [-0.39, 0.29) is 75.9 Å². The molecule has 2 aromatic carbocycles. The van der Waals surface area contributed by atoms with E-state index >= 15 is 0 Å². The molecule has 0 N–H and O–H groups in total. The van der Waals surface area contributed by atoms with Crippen molar-refractivity contribution in [2.24, 2.45) is 0 Å². The van der Waals surface area contributed by atoms with Gasteiger partial charge in [-0.05, 0) is 86.0 Å². The largest absolute Gasteiger partial charge is 0.488 e. The third-order valence-corrected chi connectivity index (χ3v) is 8.86. The van der Waals surface area contributed by atoms with Crippen LogP contribution in [0.1, 0.15) is 48.6 Å². The van der Waals surface area contributed by atoms with Gasteiger partial charge in [0.25, 0.3) is 0 Å². The van der Waals surface area contributed by atoms with E-state index in [1.807, 2.05) is 0 Å². The lowest BCUT2D eigenvalue weighted by atomic mass is 9.90. The number of rotatable bonds is 16. The monoisotopic (exact) mass is 712 g/mol. The summed E-state index contributed by atoms with van der Waals surface area (Å²) in [6.45, 7) is -0.161. The summed E-state index contributed by atoms with van der Waals surface area (Å²) in [5.41, 5.74) is 1.32. The van der Waals surface area contributed by atoms with Gasteiger partial charge in [-0.3, -0.25) is 9.80 Å². The van der Waals surface area contributed by atoms with E-state index in [0.29, 0.717) is 36.8 Å². The predicted octanol–water partition coefficient (Wildman–Crippen LogP) is 6.95. The lowest BCUT2D eigenvalue weighted by Gasteiger charge is -2.39. The van der Waals surface area contributed by atoms with Crippen molar-refractivity contribution in [2.45, 2.75) is 62.1 Å². The van der Waals surface area contributed by atoms with Gasteiger partial charge in [0.2, 0.25) is 0 Å². The van der Waals surface area contributed by atoms with Crippen LogP contribution in [0.4, 0.5) is 35.1 Å². The molecule has 2 fully saturated rings. The first-order chi connectivity index (χ1) is 23.3. The molecule has 2 aliphatic heterocycles. The SMILES string of the molecule is COCCOc1cc([C@H]2CCCN(C[C@H](O[C@@H](CN3CCC[C@H](c4ccc(F)c(OCCOC)c4)C3)C(F)(F)F)C(F)(F)F)C2)ccc1F. The minimum atomic E-state index is -5.06. The van der Waals surface area contributed by atoms with Gasteiger partial charge in [0, 0.05) is 40.4 Å². The normalized spacial score (nSPS) is 21.0. The number of alkyl halides is 6. The molecule has 276 valence electrons. The number of methoxy groups -OCH3 is 2. The molecule has 15 heteroatoms. The predicted molar refractivity (Wildman–Crippen MR) is 165 cm³/mol. The Morgan fingerprint density at radius 1 is 0.653 bits per heavy atom. The fraction of sp³-hybridized carbons (Fsp3) is 0.647. The zero-order valence-electron chi connectivity index (χ0n) is 27.6. The van der Waals surface area contributed by atoms with Crippen molar-refractivity contribution in [3.8, 4) is 11.5 Å². The molecule has 0 spiro atoms. The fourth-order valence-electron chi connectivity index (χ4n) is 6.34. The van der Waals surface area contributed by atoms with Crippen molar-refractivity contribution in [3.05, 3.63) is 59.2 Å². The van der Waals surface area contributed by atoms with Crippen molar-refractivity contribution < 1.29 is 58.8 Å². The first kappa shape index (κ1) is 39.1. The van der Waals surface area contributed by atoms with Crippen LogP contribution in [0.2, 0.25) is 0 Å². The highest BCUT2D eigenvalue weighted by Gasteiger charge is 2.50. The highest BCUT2D eigenvalue weighted by atomic mass is 19.4. The number of nitrogens with zero attached hydrogens (tertiary/aromatic N) is 2. The zero-order valence-corrected chi connectivity index (χ0v) is 27.6. The first-order valence-corrected chi connectivity index (χ1v) is 16.3. The van der Waals surface area contributed by atoms with E-state index in [1.54, 1.807) is 0 Å². The Morgan fingerprint density at radius 3 is 1.43 bits per heavy atom. The Hall–Kier alpha value is -2.72. The van der Waals surface area contributed by atoms with Crippen LogP contribution in [0.25, 0.3) is 0 Å². The van der Waals surface area contributed by atoms with Gasteiger partial charge < -0.3 is 23.7 Å². The topological polar surface area (TPSA) is 52.6 Å². The number of halogens is 8. The van der Waals surface area contributed by atoms with Gasteiger partial charge in [0.05, 0.1) is 13.2 Å². The van der Waals surface area contributed by atoms with Crippen LogP contribution < -0.4 is 9.47 Å². The lowest BCUT2D eigenvalue weighted by molar-refractivity contribution is -0.290.